The second kappa shape index (κ2) is 1.47. The fourth-order valence-corrected chi connectivity index (χ4v) is 0.785. The van der Waals surface area contributed by atoms with E-state index in [4.69, 9.17) is 4.52 Å². The van der Waals surface area contributed by atoms with Crippen LogP contribution in [0.5, 0.6) is 0 Å². The van der Waals surface area contributed by atoms with E-state index < -0.39 is 0 Å². The zero-order chi connectivity index (χ0) is 7.14. The lowest BCUT2D eigenvalue weighted by Crippen LogP contribution is -2.15. The van der Waals surface area contributed by atoms with Gasteiger partial charge in [-0.1, -0.05) is 13.2 Å². The summed E-state index contributed by atoms with van der Waals surface area (Å²) in [6.45, 7) is 7.31. The Balaban J connectivity index is 3.24. The molecule has 4 heteroatoms. The fourth-order valence-electron chi connectivity index (χ4n) is 0.785. The molecule has 0 aliphatic heterocycles. The van der Waals surface area contributed by atoms with Gasteiger partial charge in [0, 0.05) is 0 Å². The van der Waals surface area contributed by atoms with Gasteiger partial charge in [-0.3, -0.25) is 0 Å². The zero-order valence-electron chi connectivity index (χ0n) is 5.24. The second-order valence-electron chi connectivity index (χ2n) is 1.97. The molecule has 2 rings (SSSR count). The summed E-state index contributed by atoms with van der Waals surface area (Å²) >= 11 is 0. The highest BCUT2D eigenvalue weighted by atomic mass is 16.5. The number of aromatic nitrogens is 3. The van der Waals surface area contributed by atoms with Crippen molar-refractivity contribution >= 4 is 18.8 Å². The van der Waals surface area contributed by atoms with Crippen LogP contribution in [0.3, 0.4) is 0 Å². The van der Waals surface area contributed by atoms with Gasteiger partial charge >= 0.3 is 0 Å². The largest absolute Gasteiger partial charge is 0.372 e. The van der Waals surface area contributed by atoms with Crippen LogP contribution in [0.4, 0.5) is 0 Å². The highest BCUT2D eigenvalue weighted by molar-refractivity contribution is 5.37. The average molecular weight is 135 g/mol. The number of fused-ring (bicyclic) bond motifs is 1. The van der Waals surface area contributed by atoms with Gasteiger partial charge < -0.3 is 4.52 Å². The number of hydrogen-bond donors (Lipinski definition) is 0. The maximum absolute atomic E-state index is 5.06. The van der Waals surface area contributed by atoms with E-state index in [0.29, 0.717) is 16.3 Å². The first kappa shape index (κ1) is 5.22. The Morgan fingerprint density at radius 3 is 3.00 bits per heavy atom. The van der Waals surface area contributed by atoms with Gasteiger partial charge in [0.25, 0.3) is 0 Å². The van der Waals surface area contributed by atoms with Crippen LogP contribution in [0, 0.1) is 0 Å². The molecule has 10 heavy (non-hydrogen) atoms. The zero-order valence-corrected chi connectivity index (χ0v) is 5.24. The van der Waals surface area contributed by atoms with Gasteiger partial charge in [-0.15, -0.1) is 14.8 Å². The van der Waals surface area contributed by atoms with E-state index >= 15 is 0 Å². The van der Waals surface area contributed by atoms with Crippen LogP contribution in [-0.4, -0.2) is 14.8 Å². The molecule has 0 radical (unpaired) electrons. The fraction of sp³-hybridized carbons (Fsp3) is 0. The van der Waals surface area contributed by atoms with Crippen LogP contribution in [0.15, 0.2) is 10.9 Å². The average Bonchev–Trinajstić information content (AvgIpc) is 2.41. The van der Waals surface area contributed by atoms with Gasteiger partial charge in [-0.25, -0.2) is 0 Å². The molecule has 0 fully saturated rings. The molecule has 0 amide bonds. The summed E-state index contributed by atoms with van der Waals surface area (Å²) in [5, 5.41) is 8.06. The van der Waals surface area contributed by atoms with Gasteiger partial charge in [0.05, 0.1) is 5.22 Å². The highest BCUT2D eigenvalue weighted by Crippen LogP contribution is 1.83. The molecule has 0 aliphatic carbocycles. The van der Waals surface area contributed by atoms with E-state index in [-0.39, 0.29) is 0 Å². The third-order valence-electron chi connectivity index (χ3n) is 1.33. The maximum Gasteiger partial charge on any atom is 0.203 e. The molecule has 0 unspecified atom stereocenters. The van der Waals surface area contributed by atoms with Crippen molar-refractivity contribution in [3.8, 4) is 0 Å². The van der Waals surface area contributed by atoms with E-state index in [1.54, 1.807) is 0 Å². The number of hydrogen-bond acceptors (Lipinski definition) is 3. The van der Waals surface area contributed by atoms with Crippen molar-refractivity contribution in [1.29, 1.82) is 0 Å². The topological polar surface area (TPSA) is 43.3 Å². The molecule has 0 aromatic carbocycles. The van der Waals surface area contributed by atoms with Crippen molar-refractivity contribution in [1.82, 2.24) is 14.8 Å². The molecule has 0 saturated heterocycles. The summed E-state index contributed by atoms with van der Waals surface area (Å²) in [4.78, 5) is 0. The van der Waals surface area contributed by atoms with E-state index in [0.717, 1.165) is 0 Å². The predicted octanol–water partition coefficient (Wildman–Crippen LogP) is -0.857. The lowest BCUT2D eigenvalue weighted by Gasteiger charge is -1.71. The Kier molecular flexibility index (Phi) is 0.768. The van der Waals surface area contributed by atoms with E-state index in [2.05, 4.69) is 23.4 Å². The van der Waals surface area contributed by atoms with Crippen molar-refractivity contribution in [3.63, 3.8) is 0 Å². The summed E-state index contributed by atoms with van der Waals surface area (Å²) in [5.74, 6) is 0. The van der Waals surface area contributed by atoms with Crippen LogP contribution in [0.1, 0.15) is 0 Å². The lowest BCUT2D eigenvalue weighted by molar-refractivity contribution is 0.352. The normalized spacial score (nSPS) is 10.8. The minimum atomic E-state index is 0.532. The summed E-state index contributed by atoms with van der Waals surface area (Å²) < 4.78 is 6.49. The van der Waals surface area contributed by atoms with E-state index in [1.165, 1.54) is 10.9 Å². The monoisotopic (exact) mass is 135 g/mol. The van der Waals surface area contributed by atoms with Crippen LogP contribution in [-0.2, 0) is 0 Å². The molecule has 2 aromatic rings. The van der Waals surface area contributed by atoms with E-state index in [9.17, 15) is 0 Å². The first-order valence-electron chi connectivity index (χ1n) is 2.76. The second-order valence-corrected chi connectivity index (χ2v) is 1.97. The first-order valence-corrected chi connectivity index (χ1v) is 2.76. The van der Waals surface area contributed by atoms with Crippen molar-refractivity contribution in [2.24, 2.45) is 0 Å². The lowest BCUT2D eigenvalue weighted by atomic mass is 10.5. The summed E-state index contributed by atoms with van der Waals surface area (Å²) in [6, 6.07) is 0. The van der Waals surface area contributed by atoms with Crippen molar-refractivity contribution in [3.05, 3.63) is 17.0 Å². The van der Waals surface area contributed by atoms with E-state index in [1.807, 2.05) is 0 Å². The molecule has 4 nitrogen and oxygen atoms in total. The van der Waals surface area contributed by atoms with Crippen LogP contribution >= 0.6 is 0 Å². The maximum atomic E-state index is 5.06. The Hall–Kier alpha value is -1.58. The Morgan fingerprint density at radius 1 is 1.50 bits per heavy atom. The van der Waals surface area contributed by atoms with Crippen molar-refractivity contribution < 1.29 is 4.52 Å². The molecule has 0 bridgehead atoms. The molecule has 2 heterocycles. The number of nitrogens with zero attached hydrogens (tertiary/aromatic N) is 3. The summed E-state index contributed by atoms with van der Waals surface area (Å²) in [6.07, 6.45) is 1.47. The molecule has 2 aromatic heterocycles. The first-order chi connectivity index (χ1) is 4.79. The summed E-state index contributed by atoms with van der Waals surface area (Å²) in [5.41, 5.74) is 1.16. The minimum Gasteiger partial charge on any atom is -0.372 e. The van der Waals surface area contributed by atoms with Crippen LogP contribution < -0.4 is 10.6 Å². The van der Waals surface area contributed by atoms with Crippen LogP contribution in [0.2, 0.25) is 0 Å². The van der Waals surface area contributed by atoms with Crippen molar-refractivity contribution in [2.45, 2.75) is 0 Å². The molecule has 0 saturated carbocycles. The SMILES string of the molecule is C=c1on2cnnc2c1=C. The third kappa shape index (κ3) is 0.452. The van der Waals surface area contributed by atoms with Gasteiger partial charge in [-0.2, -0.15) is 0 Å². The highest BCUT2D eigenvalue weighted by Gasteiger charge is 1.98. The molecule has 50 valence electrons. The quantitative estimate of drug-likeness (QED) is 0.472. The van der Waals surface area contributed by atoms with Crippen molar-refractivity contribution in [2.75, 3.05) is 0 Å². The standard InChI is InChI=1S/C6H5N3O/c1-4-5(2)10-9-3-7-8-6(4)9/h3H,1-2H2. The van der Waals surface area contributed by atoms with Crippen LogP contribution in [0.25, 0.3) is 18.8 Å². The molecule has 0 N–H and O–H groups in total. The smallest absolute Gasteiger partial charge is 0.203 e. The molecule has 0 spiro atoms. The van der Waals surface area contributed by atoms with Gasteiger partial charge in [-0.05, 0) is 0 Å². The number of rotatable bonds is 0. The summed E-state index contributed by atoms with van der Waals surface area (Å²) in [7, 11) is 0. The Morgan fingerprint density at radius 2 is 2.30 bits per heavy atom. The minimum absolute atomic E-state index is 0.532. The van der Waals surface area contributed by atoms with Gasteiger partial charge in [0.15, 0.2) is 11.7 Å². The molecule has 0 atom stereocenters. The molecular weight excluding hydrogens is 130 g/mol. The molecule has 0 aliphatic rings. The third-order valence-corrected chi connectivity index (χ3v) is 1.33. The Labute approximate surface area is 56.1 Å². The predicted molar refractivity (Wildman–Crippen MR) is 35.5 cm³/mol. The Bertz CT molecular complexity index is 453. The molecular formula is C6H5N3O. The van der Waals surface area contributed by atoms with Gasteiger partial charge in [0.1, 0.15) is 0 Å². The van der Waals surface area contributed by atoms with Gasteiger partial charge in [0.2, 0.25) is 5.65 Å².